The van der Waals surface area contributed by atoms with Gasteiger partial charge in [0.1, 0.15) is 39.7 Å². The SMILES string of the molecule is CS(=O)(=O)CCN1CCN(C(=O)C2=Cc3c(ncnc3Nc3ccc(OC4CCN(C(=O)C5CCCC5)CC4)c(Cl)c3)NCC2)CC1. The number of amides is 2. The number of carbonyl (C=O) groups excluding carboxylic acids is 2. The first kappa shape index (κ1) is 33.5. The maximum Gasteiger partial charge on any atom is 0.249 e. The van der Waals surface area contributed by atoms with Gasteiger partial charge in [0.15, 0.2) is 0 Å². The van der Waals surface area contributed by atoms with Gasteiger partial charge < -0.3 is 25.2 Å². The number of aromatic nitrogens is 2. The van der Waals surface area contributed by atoms with Crippen LogP contribution in [0.3, 0.4) is 0 Å². The van der Waals surface area contributed by atoms with Gasteiger partial charge in [-0.05, 0) is 43.5 Å². The quantitative estimate of drug-likeness (QED) is 0.401. The van der Waals surface area contributed by atoms with Crippen LogP contribution in [-0.4, -0.2) is 115 Å². The molecule has 2 amide bonds. The molecule has 6 rings (SSSR count). The molecule has 4 aliphatic rings. The molecule has 0 radical (unpaired) electrons. The molecule has 3 aliphatic heterocycles. The molecule has 2 N–H and O–H groups in total. The van der Waals surface area contributed by atoms with Gasteiger partial charge in [0.2, 0.25) is 11.8 Å². The van der Waals surface area contributed by atoms with Crippen LogP contribution < -0.4 is 15.4 Å². The molecule has 14 heteroatoms. The van der Waals surface area contributed by atoms with E-state index in [1.807, 2.05) is 28.0 Å². The lowest BCUT2D eigenvalue weighted by molar-refractivity contribution is -0.137. The number of carbonyl (C=O) groups is 2. The number of hydrogen-bond donors (Lipinski definition) is 2. The van der Waals surface area contributed by atoms with Crippen LogP contribution in [0.2, 0.25) is 5.02 Å². The normalized spacial score (nSPS) is 19.8. The number of piperazine rings is 1. The first-order valence-corrected chi connectivity index (χ1v) is 19.1. The van der Waals surface area contributed by atoms with Crippen LogP contribution in [0.1, 0.15) is 50.5 Å². The van der Waals surface area contributed by atoms with Crippen molar-refractivity contribution >= 4 is 56.7 Å². The van der Waals surface area contributed by atoms with E-state index in [-0.39, 0.29) is 23.7 Å². The van der Waals surface area contributed by atoms with Gasteiger partial charge in [-0.1, -0.05) is 24.4 Å². The predicted octanol–water partition coefficient (Wildman–Crippen LogP) is 3.82. The van der Waals surface area contributed by atoms with Crippen LogP contribution in [0.25, 0.3) is 6.08 Å². The van der Waals surface area contributed by atoms with Crippen LogP contribution in [0.15, 0.2) is 30.1 Å². The molecule has 0 spiro atoms. The van der Waals surface area contributed by atoms with Crippen molar-refractivity contribution in [2.75, 3.05) is 75.0 Å². The second kappa shape index (κ2) is 14.8. The highest BCUT2D eigenvalue weighted by molar-refractivity contribution is 7.90. The highest BCUT2D eigenvalue weighted by atomic mass is 35.5. The molecule has 1 saturated carbocycles. The number of hydrogen-bond acceptors (Lipinski definition) is 10. The molecule has 2 aromatic rings. The van der Waals surface area contributed by atoms with Gasteiger partial charge in [0, 0.05) is 88.6 Å². The Kier molecular flexibility index (Phi) is 10.5. The molecule has 2 saturated heterocycles. The number of nitrogens with zero attached hydrogens (tertiary/aromatic N) is 5. The van der Waals surface area contributed by atoms with Gasteiger partial charge in [0.05, 0.1) is 16.3 Å². The molecule has 1 aromatic heterocycles. The number of fused-ring (bicyclic) bond motifs is 1. The number of anilines is 3. The van der Waals surface area contributed by atoms with Gasteiger partial charge in [-0.3, -0.25) is 14.5 Å². The van der Waals surface area contributed by atoms with E-state index in [9.17, 15) is 18.0 Å². The lowest BCUT2D eigenvalue weighted by atomic mass is 10.0. The summed E-state index contributed by atoms with van der Waals surface area (Å²) in [5.41, 5.74) is 2.07. The summed E-state index contributed by atoms with van der Waals surface area (Å²) < 4.78 is 29.4. The van der Waals surface area contributed by atoms with Crippen molar-refractivity contribution in [1.82, 2.24) is 24.7 Å². The average Bonchev–Trinajstić information content (AvgIpc) is 3.51. The first-order valence-electron chi connectivity index (χ1n) is 16.6. The third-order valence-electron chi connectivity index (χ3n) is 9.55. The third kappa shape index (κ3) is 8.55. The number of halogens is 1. The summed E-state index contributed by atoms with van der Waals surface area (Å²) >= 11 is 6.68. The number of rotatable bonds is 9. The molecular formula is C33H44ClN7O5S. The van der Waals surface area contributed by atoms with Crippen LogP contribution in [0, 0.1) is 5.92 Å². The summed E-state index contributed by atoms with van der Waals surface area (Å²) in [5, 5.41) is 7.14. The Balaban J connectivity index is 1.07. The van der Waals surface area contributed by atoms with Crippen molar-refractivity contribution in [1.29, 1.82) is 0 Å². The smallest absolute Gasteiger partial charge is 0.249 e. The van der Waals surface area contributed by atoms with Crippen LogP contribution >= 0.6 is 11.6 Å². The van der Waals surface area contributed by atoms with Crippen LogP contribution in [0.5, 0.6) is 5.75 Å². The molecule has 47 heavy (non-hydrogen) atoms. The topological polar surface area (TPSA) is 137 Å². The first-order chi connectivity index (χ1) is 22.6. The maximum atomic E-state index is 13.6. The second-order valence-electron chi connectivity index (χ2n) is 13.0. The molecule has 3 fully saturated rings. The maximum absolute atomic E-state index is 13.6. The van der Waals surface area contributed by atoms with E-state index in [0.29, 0.717) is 98.2 Å². The summed E-state index contributed by atoms with van der Waals surface area (Å²) in [6.07, 6.45) is 11.0. The Morgan fingerprint density at radius 2 is 1.77 bits per heavy atom. The second-order valence-corrected chi connectivity index (χ2v) is 15.7. The summed E-state index contributed by atoms with van der Waals surface area (Å²) in [7, 11) is -3.03. The number of nitrogens with one attached hydrogen (secondary N) is 2. The minimum absolute atomic E-state index is 0.000738. The number of piperidine rings is 1. The highest BCUT2D eigenvalue weighted by Gasteiger charge is 2.31. The monoisotopic (exact) mass is 685 g/mol. The molecule has 0 bridgehead atoms. The zero-order valence-corrected chi connectivity index (χ0v) is 28.5. The van der Waals surface area contributed by atoms with E-state index in [2.05, 4.69) is 25.5 Å². The molecule has 0 atom stereocenters. The summed E-state index contributed by atoms with van der Waals surface area (Å²) in [6, 6.07) is 5.53. The van der Waals surface area contributed by atoms with Gasteiger partial charge in [0.25, 0.3) is 0 Å². The Hall–Kier alpha value is -3.42. The number of sulfone groups is 1. The van der Waals surface area contributed by atoms with Gasteiger partial charge in [-0.15, -0.1) is 0 Å². The van der Waals surface area contributed by atoms with Crippen molar-refractivity contribution in [2.45, 2.75) is 51.0 Å². The standard InChI is InChI=1S/C33H44ClN7O5S/c1-47(44,45)19-18-39-14-16-41(17-15-39)33(43)24-8-11-35-30-27(20-24)31(37-22-36-30)38-25-6-7-29(28(34)21-25)46-26-9-12-40(13-10-26)32(42)23-4-2-3-5-23/h6-7,20-23,26H,2-5,8-19H2,1H3,(H2,35,36,37,38). The fraction of sp³-hybridized carbons (Fsp3) is 0.576. The van der Waals surface area contributed by atoms with Crippen LogP contribution in [0.4, 0.5) is 17.3 Å². The number of benzene rings is 1. The zero-order valence-electron chi connectivity index (χ0n) is 26.9. The van der Waals surface area contributed by atoms with Crippen LogP contribution in [-0.2, 0) is 19.4 Å². The Labute approximate surface area is 281 Å². The summed E-state index contributed by atoms with van der Waals surface area (Å²) in [5.74, 6) is 2.38. The van der Waals surface area contributed by atoms with Gasteiger partial charge in [-0.2, -0.15) is 0 Å². The Morgan fingerprint density at radius 3 is 2.47 bits per heavy atom. The van der Waals surface area contributed by atoms with Crippen molar-refractivity contribution in [3.63, 3.8) is 0 Å². The highest BCUT2D eigenvalue weighted by Crippen LogP contribution is 2.34. The third-order valence-corrected chi connectivity index (χ3v) is 10.8. The predicted molar refractivity (Wildman–Crippen MR) is 183 cm³/mol. The van der Waals surface area contributed by atoms with Crippen molar-refractivity contribution in [2.24, 2.45) is 5.92 Å². The zero-order chi connectivity index (χ0) is 33.0. The molecule has 1 aromatic carbocycles. The molecule has 12 nitrogen and oxygen atoms in total. The fourth-order valence-corrected chi connectivity index (χ4v) is 7.61. The van der Waals surface area contributed by atoms with E-state index < -0.39 is 9.84 Å². The van der Waals surface area contributed by atoms with E-state index >= 15 is 0 Å². The van der Waals surface area contributed by atoms with E-state index in [1.165, 1.54) is 12.6 Å². The molecular weight excluding hydrogens is 642 g/mol. The minimum Gasteiger partial charge on any atom is -0.489 e. The van der Waals surface area contributed by atoms with E-state index in [4.69, 9.17) is 16.3 Å². The van der Waals surface area contributed by atoms with Gasteiger partial charge in [-0.25, -0.2) is 18.4 Å². The van der Waals surface area contributed by atoms with E-state index in [1.54, 1.807) is 6.07 Å². The molecule has 4 heterocycles. The Morgan fingerprint density at radius 1 is 1.02 bits per heavy atom. The molecule has 254 valence electrons. The molecule has 0 unspecified atom stereocenters. The summed E-state index contributed by atoms with van der Waals surface area (Å²) in [6.45, 7) is 4.82. The number of ether oxygens (including phenoxy) is 1. The van der Waals surface area contributed by atoms with Gasteiger partial charge >= 0.3 is 0 Å². The average molecular weight is 686 g/mol. The lowest BCUT2D eigenvalue weighted by Crippen LogP contribution is -2.50. The van der Waals surface area contributed by atoms with E-state index in [0.717, 1.165) is 44.2 Å². The molecule has 1 aliphatic carbocycles. The summed E-state index contributed by atoms with van der Waals surface area (Å²) in [4.78, 5) is 41.2. The lowest BCUT2D eigenvalue weighted by Gasteiger charge is -2.35. The minimum atomic E-state index is -3.03. The van der Waals surface area contributed by atoms with Crippen molar-refractivity contribution in [3.8, 4) is 5.75 Å². The fourth-order valence-electron chi connectivity index (χ4n) is 6.79. The van der Waals surface area contributed by atoms with Crippen molar-refractivity contribution < 1.29 is 22.7 Å². The Bertz CT molecular complexity index is 1600. The van der Waals surface area contributed by atoms with Crippen molar-refractivity contribution in [3.05, 3.63) is 40.7 Å². The number of likely N-dealkylation sites (tertiary alicyclic amines) is 1. The largest absolute Gasteiger partial charge is 0.489 e.